The number of fused-ring (bicyclic) bond motifs is 2. The number of nitrogens with one attached hydrogen (secondary N) is 1. The van der Waals surface area contributed by atoms with Gasteiger partial charge in [-0.2, -0.15) is 10.1 Å². The van der Waals surface area contributed by atoms with Crippen LogP contribution in [0.5, 0.6) is 0 Å². The highest BCUT2D eigenvalue weighted by Gasteiger charge is 2.34. The highest BCUT2D eigenvalue weighted by molar-refractivity contribution is 5.54. The van der Waals surface area contributed by atoms with E-state index >= 15 is 0 Å². The first kappa shape index (κ1) is 12.4. The van der Waals surface area contributed by atoms with Crippen molar-refractivity contribution in [2.75, 3.05) is 10.2 Å². The van der Waals surface area contributed by atoms with Crippen LogP contribution in [0.4, 0.5) is 17.5 Å². The van der Waals surface area contributed by atoms with Gasteiger partial charge in [-0.3, -0.25) is 4.68 Å². The molecule has 2 bridgehead atoms. The zero-order valence-corrected chi connectivity index (χ0v) is 12.0. The second-order valence-corrected chi connectivity index (χ2v) is 5.64. The van der Waals surface area contributed by atoms with Crippen molar-refractivity contribution in [3.05, 3.63) is 36.8 Å². The third-order valence-corrected chi connectivity index (χ3v) is 4.18. The van der Waals surface area contributed by atoms with Gasteiger partial charge in [-0.05, 0) is 25.3 Å². The highest BCUT2D eigenvalue weighted by atomic mass is 15.3. The maximum atomic E-state index is 4.67. The first-order valence-corrected chi connectivity index (χ1v) is 7.33. The van der Waals surface area contributed by atoms with Crippen LogP contribution < -0.4 is 10.2 Å². The van der Waals surface area contributed by atoms with E-state index in [1.54, 1.807) is 10.9 Å². The van der Waals surface area contributed by atoms with E-state index in [4.69, 9.17) is 0 Å². The van der Waals surface area contributed by atoms with E-state index in [1.165, 1.54) is 12.8 Å². The number of aromatic nitrogens is 4. The van der Waals surface area contributed by atoms with E-state index in [-0.39, 0.29) is 0 Å². The Balaban J connectivity index is 1.60. The molecule has 4 rings (SSSR count). The maximum absolute atomic E-state index is 4.67. The standard InChI is InChI=1S/C15H18N6/c1-20-10-11(9-17-20)18-15-16-8-7-14(19-15)21-12-3-2-4-13(21)6-5-12/h2-3,7-10,12-13H,4-6H2,1H3,(H,16,18,19). The largest absolute Gasteiger partial charge is 0.347 e. The molecule has 0 aliphatic carbocycles. The molecule has 2 unspecified atom stereocenters. The molecular formula is C15H18N6. The summed E-state index contributed by atoms with van der Waals surface area (Å²) in [7, 11) is 1.89. The Hall–Kier alpha value is -2.37. The number of rotatable bonds is 3. The molecule has 1 saturated heterocycles. The quantitative estimate of drug-likeness (QED) is 0.875. The van der Waals surface area contributed by atoms with Gasteiger partial charge in [0.05, 0.1) is 11.9 Å². The Kier molecular flexibility index (Phi) is 2.87. The first-order chi connectivity index (χ1) is 10.3. The van der Waals surface area contributed by atoms with Gasteiger partial charge >= 0.3 is 0 Å². The molecule has 2 aliphatic heterocycles. The lowest BCUT2D eigenvalue weighted by atomic mass is 10.1. The topological polar surface area (TPSA) is 58.9 Å². The van der Waals surface area contributed by atoms with Crippen molar-refractivity contribution in [3.63, 3.8) is 0 Å². The van der Waals surface area contributed by atoms with E-state index in [9.17, 15) is 0 Å². The van der Waals surface area contributed by atoms with Gasteiger partial charge < -0.3 is 10.2 Å². The average Bonchev–Trinajstić information content (AvgIpc) is 3.00. The van der Waals surface area contributed by atoms with Crippen molar-refractivity contribution >= 4 is 17.5 Å². The lowest BCUT2D eigenvalue weighted by molar-refractivity contribution is 0.640. The van der Waals surface area contributed by atoms with Crippen molar-refractivity contribution in [1.29, 1.82) is 0 Å². The smallest absolute Gasteiger partial charge is 0.229 e. The molecule has 0 radical (unpaired) electrons. The number of aryl methyl sites for hydroxylation is 1. The van der Waals surface area contributed by atoms with Crippen LogP contribution in [0.3, 0.4) is 0 Å². The fraction of sp³-hybridized carbons (Fsp3) is 0.400. The van der Waals surface area contributed by atoms with Crippen LogP contribution in [0.2, 0.25) is 0 Å². The molecule has 2 aromatic rings. The molecule has 21 heavy (non-hydrogen) atoms. The molecule has 2 aliphatic rings. The minimum Gasteiger partial charge on any atom is -0.347 e. The second-order valence-electron chi connectivity index (χ2n) is 5.64. The monoisotopic (exact) mass is 282 g/mol. The van der Waals surface area contributed by atoms with Crippen molar-refractivity contribution in [2.45, 2.75) is 31.3 Å². The normalized spacial score (nSPS) is 23.6. The maximum Gasteiger partial charge on any atom is 0.229 e. The third kappa shape index (κ3) is 2.26. The van der Waals surface area contributed by atoms with Crippen LogP contribution >= 0.6 is 0 Å². The molecule has 2 aromatic heterocycles. The first-order valence-electron chi connectivity index (χ1n) is 7.33. The van der Waals surface area contributed by atoms with Crippen LogP contribution in [-0.4, -0.2) is 31.8 Å². The lowest BCUT2D eigenvalue weighted by Crippen LogP contribution is -2.37. The molecule has 108 valence electrons. The fourth-order valence-electron chi connectivity index (χ4n) is 3.25. The molecule has 1 N–H and O–H groups in total. The second kappa shape index (κ2) is 4.87. The van der Waals surface area contributed by atoms with E-state index in [1.807, 2.05) is 25.5 Å². The Labute approximate surface area is 123 Å². The van der Waals surface area contributed by atoms with Crippen LogP contribution in [0.25, 0.3) is 0 Å². The average molecular weight is 282 g/mol. The van der Waals surface area contributed by atoms with Gasteiger partial charge in [-0.15, -0.1) is 0 Å². The van der Waals surface area contributed by atoms with Gasteiger partial charge in [0.1, 0.15) is 5.82 Å². The predicted molar refractivity (Wildman–Crippen MR) is 81.6 cm³/mol. The summed E-state index contributed by atoms with van der Waals surface area (Å²) in [6.45, 7) is 0. The van der Waals surface area contributed by atoms with Gasteiger partial charge in [0.25, 0.3) is 0 Å². The summed E-state index contributed by atoms with van der Waals surface area (Å²) in [5.74, 6) is 1.63. The van der Waals surface area contributed by atoms with Gasteiger partial charge in [0, 0.05) is 31.5 Å². The molecule has 0 amide bonds. The molecule has 2 atom stereocenters. The van der Waals surface area contributed by atoms with Crippen LogP contribution in [-0.2, 0) is 7.05 Å². The molecule has 6 nitrogen and oxygen atoms in total. The van der Waals surface area contributed by atoms with Crippen LogP contribution in [0, 0.1) is 0 Å². The summed E-state index contributed by atoms with van der Waals surface area (Å²) in [5, 5.41) is 7.34. The lowest BCUT2D eigenvalue weighted by Gasteiger charge is -2.32. The molecule has 1 fully saturated rings. The Bertz CT molecular complexity index is 676. The minimum atomic E-state index is 0.491. The summed E-state index contributed by atoms with van der Waals surface area (Å²) in [6, 6.07) is 3.07. The van der Waals surface area contributed by atoms with Crippen molar-refractivity contribution in [1.82, 2.24) is 19.7 Å². The molecule has 4 heterocycles. The zero-order valence-electron chi connectivity index (χ0n) is 12.0. The number of anilines is 3. The molecule has 0 saturated carbocycles. The van der Waals surface area contributed by atoms with Gasteiger partial charge in [-0.1, -0.05) is 12.2 Å². The third-order valence-electron chi connectivity index (χ3n) is 4.18. The molecule has 6 heteroatoms. The van der Waals surface area contributed by atoms with E-state index in [2.05, 4.69) is 37.4 Å². The summed E-state index contributed by atoms with van der Waals surface area (Å²) in [6.07, 6.45) is 13.7. The van der Waals surface area contributed by atoms with Gasteiger partial charge in [-0.25, -0.2) is 4.98 Å². The summed E-state index contributed by atoms with van der Waals surface area (Å²) < 4.78 is 1.75. The van der Waals surface area contributed by atoms with Crippen LogP contribution in [0.15, 0.2) is 36.8 Å². The number of nitrogens with zero attached hydrogens (tertiary/aromatic N) is 5. The Morgan fingerprint density at radius 1 is 1.33 bits per heavy atom. The van der Waals surface area contributed by atoms with Crippen molar-refractivity contribution in [3.8, 4) is 0 Å². The number of hydrogen-bond donors (Lipinski definition) is 1. The van der Waals surface area contributed by atoms with Crippen LogP contribution in [0.1, 0.15) is 19.3 Å². The van der Waals surface area contributed by atoms with E-state index in [0.29, 0.717) is 18.0 Å². The Morgan fingerprint density at radius 3 is 3.10 bits per heavy atom. The fourth-order valence-corrected chi connectivity index (χ4v) is 3.25. The summed E-state index contributed by atoms with van der Waals surface area (Å²) in [4.78, 5) is 11.4. The molecule has 0 spiro atoms. The Morgan fingerprint density at radius 2 is 2.29 bits per heavy atom. The zero-order chi connectivity index (χ0) is 14.2. The van der Waals surface area contributed by atoms with E-state index < -0.39 is 0 Å². The summed E-state index contributed by atoms with van der Waals surface area (Å²) >= 11 is 0. The summed E-state index contributed by atoms with van der Waals surface area (Å²) in [5.41, 5.74) is 0.899. The molecule has 0 aromatic carbocycles. The predicted octanol–water partition coefficient (Wildman–Crippen LogP) is 2.25. The number of hydrogen-bond acceptors (Lipinski definition) is 5. The van der Waals surface area contributed by atoms with Crippen molar-refractivity contribution < 1.29 is 0 Å². The SMILES string of the molecule is Cn1cc(Nc2nccc(N3C4C=CCC3CC4)n2)cn1. The van der Waals surface area contributed by atoms with Gasteiger partial charge in [0.2, 0.25) is 5.95 Å². The van der Waals surface area contributed by atoms with Gasteiger partial charge in [0.15, 0.2) is 0 Å². The van der Waals surface area contributed by atoms with Crippen molar-refractivity contribution in [2.24, 2.45) is 7.05 Å². The molecular weight excluding hydrogens is 264 g/mol. The minimum absolute atomic E-state index is 0.491. The van der Waals surface area contributed by atoms with E-state index in [0.717, 1.165) is 17.9 Å². The highest BCUT2D eigenvalue weighted by Crippen LogP contribution is 2.35.